The Morgan fingerprint density at radius 2 is 1.82 bits per heavy atom. The highest BCUT2D eigenvalue weighted by Gasteiger charge is 2.30. The van der Waals surface area contributed by atoms with E-state index >= 15 is 0 Å². The Bertz CT molecular complexity index is 1670. The molecule has 0 saturated carbocycles. The van der Waals surface area contributed by atoms with Gasteiger partial charge < -0.3 is 14.8 Å². The van der Waals surface area contributed by atoms with Crippen molar-refractivity contribution >= 4 is 49.9 Å². The second kappa shape index (κ2) is 10.3. The number of nitrogens with one attached hydrogen (secondary N) is 1. The van der Waals surface area contributed by atoms with Crippen LogP contribution < -0.4 is 14.8 Å². The van der Waals surface area contributed by atoms with Gasteiger partial charge in [-0.15, -0.1) is 10.2 Å². The third-order valence-corrected chi connectivity index (χ3v) is 10.1. The van der Waals surface area contributed by atoms with Crippen LogP contribution in [0.25, 0.3) is 16.6 Å². The second-order valence-electron chi connectivity index (χ2n) is 9.85. The molecule has 12 heteroatoms. The average Bonchev–Trinajstić information content (AvgIpc) is 3.36. The molecule has 1 amide bonds. The lowest BCUT2D eigenvalue weighted by Crippen LogP contribution is -2.41. The molecular formula is C27H29N5O5S2. The molecule has 0 bridgehead atoms. The summed E-state index contributed by atoms with van der Waals surface area (Å²) in [6, 6.07) is 12.2. The molecule has 6 rings (SSSR count). The van der Waals surface area contributed by atoms with E-state index in [-0.39, 0.29) is 22.6 Å². The summed E-state index contributed by atoms with van der Waals surface area (Å²) in [5.41, 5.74) is 3.06. The van der Waals surface area contributed by atoms with Crippen molar-refractivity contribution in [2.75, 3.05) is 30.8 Å². The standard InChI is InChI=1S/C27H29N5O5S2/c1-17-13-19-14-23-24(37-12-11-36-23)15-22(19)32-26(17)29-30-27(32)38-16-25(33)28-20-6-8-21(9-7-20)39(34,35)31-10-4-3-5-18(31)2/h6-9,13-15,18H,3-5,10-12,16H2,1-2H3,(H,28,33). The van der Waals surface area contributed by atoms with Crippen molar-refractivity contribution in [2.24, 2.45) is 0 Å². The van der Waals surface area contributed by atoms with E-state index in [2.05, 4.69) is 15.5 Å². The number of hydrogen-bond acceptors (Lipinski definition) is 8. The number of ether oxygens (including phenoxy) is 2. The summed E-state index contributed by atoms with van der Waals surface area (Å²) in [5, 5.41) is 13.1. The number of piperidine rings is 1. The largest absolute Gasteiger partial charge is 0.486 e. The maximum Gasteiger partial charge on any atom is 0.243 e. The maximum atomic E-state index is 13.1. The van der Waals surface area contributed by atoms with Gasteiger partial charge in [-0.1, -0.05) is 18.2 Å². The maximum absolute atomic E-state index is 13.1. The fourth-order valence-corrected chi connectivity index (χ4v) is 7.58. The third kappa shape index (κ3) is 4.92. The van der Waals surface area contributed by atoms with Crippen LogP contribution in [0, 0.1) is 6.92 Å². The Balaban J connectivity index is 1.17. The van der Waals surface area contributed by atoms with Crippen LogP contribution in [0.5, 0.6) is 11.5 Å². The zero-order valence-corrected chi connectivity index (χ0v) is 23.3. The van der Waals surface area contributed by atoms with E-state index < -0.39 is 10.0 Å². The van der Waals surface area contributed by atoms with Crippen LogP contribution >= 0.6 is 11.8 Å². The highest BCUT2D eigenvalue weighted by molar-refractivity contribution is 7.99. The molecule has 2 aliphatic heterocycles. The molecule has 2 aliphatic rings. The molecule has 2 aromatic heterocycles. The zero-order chi connectivity index (χ0) is 27.1. The number of aryl methyl sites for hydroxylation is 1. The fourth-order valence-electron chi connectivity index (χ4n) is 5.14. The van der Waals surface area contributed by atoms with Crippen LogP contribution in [0.15, 0.2) is 52.5 Å². The lowest BCUT2D eigenvalue weighted by atomic mass is 10.1. The summed E-state index contributed by atoms with van der Waals surface area (Å²) >= 11 is 1.27. The van der Waals surface area contributed by atoms with Gasteiger partial charge in [0.1, 0.15) is 13.2 Å². The lowest BCUT2D eigenvalue weighted by molar-refractivity contribution is -0.113. The molecule has 4 aromatic rings. The van der Waals surface area contributed by atoms with Crippen LogP contribution in [0.2, 0.25) is 0 Å². The Morgan fingerprint density at radius 1 is 1.08 bits per heavy atom. The van der Waals surface area contributed by atoms with Gasteiger partial charge in [0.25, 0.3) is 0 Å². The van der Waals surface area contributed by atoms with Crippen molar-refractivity contribution in [2.45, 2.75) is 49.2 Å². The quantitative estimate of drug-likeness (QED) is 0.344. The molecule has 1 unspecified atom stereocenters. The first-order chi connectivity index (χ1) is 18.8. The molecular weight excluding hydrogens is 538 g/mol. The SMILES string of the molecule is Cc1cc2cc3c(cc2n2c(SCC(=O)Nc4ccc(S(=O)(=O)N5CCCCC5C)cc4)nnc12)OCCO3. The molecule has 0 radical (unpaired) electrons. The number of thioether (sulfide) groups is 1. The van der Waals surface area contributed by atoms with Crippen molar-refractivity contribution in [1.82, 2.24) is 18.9 Å². The number of carbonyl (C=O) groups excluding carboxylic acids is 1. The van der Waals surface area contributed by atoms with Gasteiger partial charge in [-0.3, -0.25) is 9.20 Å². The molecule has 10 nitrogen and oxygen atoms in total. The Morgan fingerprint density at radius 3 is 2.56 bits per heavy atom. The van der Waals surface area contributed by atoms with E-state index in [0.717, 1.165) is 35.7 Å². The Hall–Kier alpha value is -3.35. The van der Waals surface area contributed by atoms with Crippen LogP contribution in [0.3, 0.4) is 0 Å². The van der Waals surface area contributed by atoms with Crippen LogP contribution in [-0.2, 0) is 14.8 Å². The number of pyridine rings is 1. The van der Waals surface area contributed by atoms with E-state index in [0.29, 0.717) is 47.7 Å². The smallest absolute Gasteiger partial charge is 0.243 e. The number of hydrogen-bond donors (Lipinski definition) is 1. The lowest BCUT2D eigenvalue weighted by Gasteiger charge is -2.32. The summed E-state index contributed by atoms with van der Waals surface area (Å²) in [7, 11) is -3.56. The van der Waals surface area contributed by atoms with E-state index in [4.69, 9.17) is 9.47 Å². The normalized spacial score (nSPS) is 17.9. The van der Waals surface area contributed by atoms with Gasteiger partial charge in [-0.25, -0.2) is 8.42 Å². The van der Waals surface area contributed by atoms with Gasteiger partial charge in [0.05, 0.1) is 16.2 Å². The number of sulfonamides is 1. The summed E-state index contributed by atoms with van der Waals surface area (Å²) in [4.78, 5) is 13.0. The van der Waals surface area contributed by atoms with E-state index in [1.54, 1.807) is 28.6 Å². The van der Waals surface area contributed by atoms with Crippen molar-refractivity contribution < 1.29 is 22.7 Å². The van der Waals surface area contributed by atoms with Crippen molar-refractivity contribution in [1.29, 1.82) is 0 Å². The van der Waals surface area contributed by atoms with Gasteiger partial charge in [-0.2, -0.15) is 4.31 Å². The minimum absolute atomic E-state index is 0.0134. The predicted octanol–water partition coefficient (Wildman–Crippen LogP) is 4.26. The first kappa shape index (κ1) is 25.9. The number of nitrogens with zero attached hydrogens (tertiary/aromatic N) is 4. The van der Waals surface area contributed by atoms with Gasteiger partial charge in [-0.05, 0) is 68.7 Å². The molecule has 1 fully saturated rings. The zero-order valence-electron chi connectivity index (χ0n) is 21.7. The highest BCUT2D eigenvalue weighted by Crippen LogP contribution is 2.36. The van der Waals surface area contributed by atoms with Crippen molar-refractivity contribution in [3.05, 3.63) is 48.0 Å². The molecule has 39 heavy (non-hydrogen) atoms. The number of rotatable bonds is 6. The molecule has 4 heterocycles. The predicted molar refractivity (Wildman–Crippen MR) is 149 cm³/mol. The first-order valence-corrected chi connectivity index (χ1v) is 15.4. The number of anilines is 1. The van der Waals surface area contributed by atoms with Crippen LogP contribution in [-0.4, -0.2) is 64.8 Å². The monoisotopic (exact) mass is 567 g/mol. The summed E-state index contributed by atoms with van der Waals surface area (Å²) in [5.74, 6) is 1.24. The first-order valence-electron chi connectivity index (χ1n) is 12.9. The third-order valence-electron chi connectivity index (χ3n) is 7.11. The van der Waals surface area contributed by atoms with E-state index in [1.807, 2.05) is 36.4 Å². The highest BCUT2D eigenvalue weighted by atomic mass is 32.2. The molecule has 0 aliphatic carbocycles. The van der Waals surface area contributed by atoms with Gasteiger partial charge >= 0.3 is 0 Å². The molecule has 0 spiro atoms. The number of aromatic nitrogens is 3. The van der Waals surface area contributed by atoms with Gasteiger partial charge in [0, 0.05) is 29.7 Å². The Kier molecular flexibility index (Phi) is 6.86. The average molecular weight is 568 g/mol. The minimum atomic E-state index is -3.56. The van der Waals surface area contributed by atoms with Crippen LogP contribution in [0.1, 0.15) is 31.7 Å². The fraction of sp³-hybridized carbons (Fsp3) is 0.370. The van der Waals surface area contributed by atoms with Crippen LogP contribution in [0.4, 0.5) is 5.69 Å². The summed E-state index contributed by atoms with van der Waals surface area (Å²) in [6.45, 7) is 5.45. The minimum Gasteiger partial charge on any atom is -0.486 e. The van der Waals surface area contributed by atoms with Gasteiger partial charge in [0.2, 0.25) is 15.9 Å². The van der Waals surface area contributed by atoms with Crippen molar-refractivity contribution in [3.63, 3.8) is 0 Å². The number of benzene rings is 2. The summed E-state index contributed by atoms with van der Waals surface area (Å²) in [6.07, 6.45) is 2.78. The summed E-state index contributed by atoms with van der Waals surface area (Å²) < 4.78 is 41.2. The molecule has 2 aromatic carbocycles. The van der Waals surface area contributed by atoms with Crippen molar-refractivity contribution in [3.8, 4) is 11.5 Å². The Labute approximate surface area is 230 Å². The second-order valence-corrected chi connectivity index (χ2v) is 12.7. The molecule has 1 atom stereocenters. The topological polar surface area (TPSA) is 115 Å². The van der Waals surface area contributed by atoms with Gasteiger partial charge in [0.15, 0.2) is 22.3 Å². The van der Waals surface area contributed by atoms with E-state index in [9.17, 15) is 13.2 Å². The molecule has 204 valence electrons. The molecule has 1 N–H and O–H groups in total. The number of amides is 1. The number of fused-ring (bicyclic) bond motifs is 4. The molecule has 1 saturated heterocycles. The van der Waals surface area contributed by atoms with E-state index in [1.165, 1.54) is 11.8 Å². The number of carbonyl (C=O) groups is 1.